The summed E-state index contributed by atoms with van der Waals surface area (Å²) in [4.78, 5) is 10.9. The highest BCUT2D eigenvalue weighted by atomic mass is 16.4. The van der Waals surface area contributed by atoms with Gasteiger partial charge in [0.25, 0.3) is 6.54 Å². The van der Waals surface area contributed by atoms with Crippen LogP contribution in [-0.4, -0.2) is 22.3 Å². The Morgan fingerprint density at radius 1 is 1.00 bits per heavy atom. The number of carbonyl (C=O) groups is 1. The largest absolute Gasteiger partial charge is 0.476 e. The van der Waals surface area contributed by atoms with E-state index in [9.17, 15) is 4.79 Å². The van der Waals surface area contributed by atoms with Gasteiger partial charge in [0.1, 0.15) is 5.69 Å². The topological polar surface area (TPSA) is 52.7 Å². The normalized spacial score (nSPS) is 11.2. The molecule has 2 aromatic rings. The summed E-state index contributed by atoms with van der Waals surface area (Å²) < 4.78 is 1.47. The van der Waals surface area contributed by atoms with Gasteiger partial charge in [-0.05, 0) is 12.1 Å². The summed E-state index contributed by atoms with van der Waals surface area (Å²) in [6, 6.07) is 18.5. The molecule has 4 nitrogen and oxygen atoms in total. The first-order valence-electron chi connectivity index (χ1n) is 5.57. The van der Waals surface area contributed by atoms with Crippen molar-refractivity contribution in [1.82, 2.24) is 0 Å². The van der Waals surface area contributed by atoms with Gasteiger partial charge in [-0.3, -0.25) is 0 Å². The molecule has 4 heteroatoms. The summed E-state index contributed by atoms with van der Waals surface area (Å²) in [6.45, 7) is -0.168. The van der Waals surface area contributed by atoms with Crippen LogP contribution >= 0.6 is 0 Å². The standard InChI is InChI=1S/C14H12N2O2/c17-14(18)11-16(13-9-5-2-6-10-13)15-12-7-3-1-4-8-12/h1-10H,11H2/p+1. The lowest BCUT2D eigenvalue weighted by Gasteiger charge is -1.97. The highest BCUT2D eigenvalue weighted by molar-refractivity contribution is 5.68. The molecular formula is C14H13N2O2+. The molecule has 1 N–H and O–H groups in total. The van der Waals surface area contributed by atoms with E-state index in [-0.39, 0.29) is 6.54 Å². The second-order valence-corrected chi connectivity index (χ2v) is 3.72. The maximum Gasteiger partial charge on any atom is 0.372 e. The van der Waals surface area contributed by atoms with Crippen LogP contribution in [0.4, 0.5) is 11.4 Å². The van der Waals surface area contributed by atoms with Crippen LogP contribution in [0, 0.1) is 0 Å². The molecule has 0 bridgehead atoms. The Morgan fingerprint density at radius 3 is 2.11 bits per heavy atom. The molecule has 2 rings (SSSR count). The molecule has 0 unspecified atom stereocenters. The predicted octanol–water partition coefficient (Wildman–Crippen LogP) is 3.20. The zero-order chi connectivity index (χ0) is 12.8. The first-order chi connectivity index (χ1) is 8.75. The third kappa shape index (κ3) is 3.25. The number of aliphatic carboxylic acids is 1. The van der Waals surface area contributed by atoms with Crippen molar-refractivity contribution in [3.05, 3.63) is 60.7 Å². The van der Waals surface area contributed by atoms with Gasteiger partial charge in [0, 0.05) is 17.2 Å². The average molecular weight is 241 g/mol. The first kappa shape index (κ1) is 12.0. The van der Waals surface area contributed by atoms with Crippen LogP contribution in [0.1, 0.15) is 0 Å². The van der Waals surface area contributed by atoms with Gasteiger partial charge in [-0.1, -0.05) is 41.1 Å². The minimum atomic E-state index is -0.918. The molecule has 2 aromatic carbocycles. The van der Waals surface area contributed by atoms with Crippen molar-refractivity contribution in [2.45, 2.75) is 0 Å². The smallest absolute Gasteiger partial charge is 0.372 e. The molecule has 0 spiro atoms. The highest BCUT2D eigenvalue weighted by Gasteiger charge is 2.15. The Hall–Kier alpha value is -2.49. The zero-order valence-corrected chi connectivity index (χ0v) is 9.73. The SMILES string of the molecule is O=C(O)C[N+](=Nc1ccccc1)c1ccccc1. The molecular weight excluding hydrogens is 228 g/mol. The van der Waals surface area contributed by atoms with E-state index in [0.29, 0.717) is 0 Å². The van der Waals surface area contributed by atoms with Crippen LogP contribution in [0.3, 0.4) is 0 Å². The van der Waals surface area contributed by atoms with Crippen LogP contribution in [0.5, 0.6) is 0 Å². The van der Waals surface area contributed by atoms with Crippen molar-refractivity contribution in [2.75, 3.05) is 6.54 Å². The van der Waals surface area contributed by atoms with E-state index in [1.165, 1.54) is 4.70 Å². The molecule has 90 valence electrons. The van der Waals surface area contributed by atoms with Gasteiger partial charge < -0.3 is 5.11 Å². The van der Waals surface area contributed by atoms with E-state index >= 15 is 0 Å². The number of benzene rings is 2. The van der Waals surface area contributed by atoms with Gasteiger partial charge in [0.15, 0.2) is 0 Å². The molecule has 18 heavy (non-hydrogen) atoms. The van der Waals surface area contributed by atoms with E-state index in [4.69, 9.17) is 5.11 Å². The number of carboxylic acids is 1. The van der Waals surface area contributed by atoms with Crippen molar-refractivity contribution in [3.8, 4) is 0 Å². The van der Waals surface area contributed by atoms with E-state index < -0.39 is 5.97 Å². The Balaban J connectivity index is 2.37. The maximum atomic E-state index is 10.9. The van der Waals surface area contributed by atoms with Gasteiger partial charge >= 0.3 is 5.97 Å². The highest BCUT2D eigenvalue weighted by Crippen LogP contribution is 2.17. The number of nitrogens with zero attached hydrogens (tertiary/aromatic N) is 2. The lowest BCUT2D eigenvalue weighted by atomic mass is 10.3. The van der Waals surface area contributed by atoms with E-state index in [1.54, 1.807) is 0 Å². The van der Waals surface area contributed by atoms with Gasteiger partial charge in [-0.2, -0.15) is 0 Å². The monoisotopic (exact) mass is 241 g/mol. The summed E-state index contributed by atoms with van der Waals surface area (Å²) in [7, 11) is 0. The molecule has 0 amide bonds. The number of azo groups is 2. The van der Waals surface area contributed by atoms with Crippen LogP contribution in [-0.2, 0) is 4.79 Å². The van der Waals surface area contributed by atoms with Crippen LogP contribution < -0.4 is 0 Å². The predicted molar refractivity (Wildman–Crippen MR) is 67.4 cm³/mol. The molecule has 0 saturated heterocycles. The fraction of sp³-hybridized carbons (Fsp3) is 0.0714. The van der Waals surface area contributed by atoms with Crippen LogP contribution in [0.2, 0.25) is 0 Å². The number of hydrogen-bond donors (Lipinski definition) is 1. The number of carboxylic acid groups (broad SMARTS) is 1. The fourth-order valence-electron chi connectivity index (χ4n) is 1.55. The number of rotatable bonds is 4. The molecule has 0 fully saturated rings. The fourth-order valence-corrected chi connectivity index (χ4v) is 1.55. The maximum absolute atomic E-state index is 10.9. The molecule has 0 aliphatic heterocycles. The summed E-state index contributed by atoms with van der Waals surface area (Å²) in [5, 5.41) is 13.2. The summed E-state index contributed by atoms with van der Waals surface area (Å²) >= 11 is 0. The summed E-state index contributed by atoms with van der Waals surface area (Å²) in [5.41, 5.74) is 1.48. The average Bonchev–Trinajstić information content (AvgIpc) is 2.40. The summed E-state index contributed by atoms with van der Waals surface area (Å²) in [5.74, 6) is -0.918. The molecule has 0 aliphatic carbocycles. The zero-order valence-electron chi connectivity index (χ0n) is 9.73. The van der Waals surface area contributed by atoms with E-state index in [0.717, 1.165) is 11.4 Å². The Kier molecular flexibility index (Phi) is 3.81. The molecule has 0 atom stereocenters. The van der Waals surface area contributed by atoms with Gasteiger partial charge in [0.05, 0.1) is 0 Å². The summed E-state index contributed by atoms with van der Waals surface area (Å²) in [6.07, 6.45) is 0. The second kappa shape index (κ2) is 5.72. The van der Waals surface area contributed by atoms with Crippen molar-refractivity contribution in [1.29, 1.82) is 0 Å². The van der Waals surface area contributed by atoms with Crippen LogP contribution in [0.15, 0.2) is 65.8 Å². The van der Waals surface area contributed by atoms with Crippen molar-refractivity contribution >= 4 is 17.3 Å². The van der Waals surface area contributed by atoms with Gasteiger partial charge in [0.2, 0.25) is 5.69 Å². The first-order valence-corrected chi connectivity index (χ1v) is 5.57. The minimum absolute atomic E-state index is 0.168. The lowest BCUT2D eigenvalue weighted by molar-refractivity contribution is -0.498. The molecule has 0 radical (unpaired) electrons. The quantitative estimate of drug-likeness (QED) is 0.660. The van der Waals surface area contributed by atoms with E-state index in [1.807, 2.05) is 60.7 Å². The third-order valence-corrected chi connectivity index (χ3v) is 2.33. The molecule has 0 aromatic heterocycles. The van der Waals surface area contributed by atoms with Crippen molar-refractivity contribution < 1.29 is 14.6 Å². The lowest BCUT2D eigenvalue weighted by Crippen LogP contribution is -2.14. The Morgan fingerprint density at radius 2 is 1.56 bits per heavy atom. The van der Waals surface area contributed by atoms with Gasteiger partial charge in [-0.25, -0.2) is 4.79 Å². The van der Waals surface area contributed by atoms with Crippen molar-refractivity contribution in [2.24, 2.45) is 5.11 Å². The Bertz CT molecular complexity index is 551. The van der Waals surface area contributed by atoms with E-state index in [2.05, 4.69) is 5.11 Å². The molecule has 0 saturated carbocycles. The molecule has 0 heterocycles. The third-order valence-electron chi connectivity index (χ3n) is 2.33. The minimum Gasteiger partial charge on any atom is -0.476 e. The number of hydrogen-bond acceptors (Lipinski definition) is 2. The van der Waals surface area contributed by atoms with Gasteiger partial charge in [-0.15, -0.1) is 0 Å². The van der Waals surface area contributed by atoms with Crippen molar-refractivity contribution in [3.63, 3.8) is 0 Å². The second-order valence-electron chi connectivity index (χ2n) is 3.72. The van der Waals surface area contributed by atoms with Crippen LogP contribution in [0.25, 0.3) is 0 Å². The Labute approximate surface area is 105 Å². The molecule has 0 aliphatic rings. The number of para-hydroxylation sites is 1.